The number of esters is 1. The van der Waals surface area contributed by atoms with E-state index in [2.05, 4.69) is 4.98 Å². The molecule has 0 aliphatic carbocycles. The highest BCUT2D eigenvalue weighted by atomic mass is 16.5. The molecule has 5 nitrogen and oxygen atoms in total. The van der Waals surface area contributed by atoms with Gasteiger partial charge in [0.05, 0.1) is 5.56 Å². The number of aromatic nitrogens is 2. The number of hydrogen-bond acceptors (Lipinski definition) is 4. The van der Waals surface area contributed by atoms with Gasteiger partial charge in [-0.2, -0.15) is 0 Å². The molecule has 4 aromatic rings. The summed E-state index contributed by atoms with van der Waals surface area (Å²) in [7, 11) is 1.91. The number of benzene rings is 2. The summed E-state index contributed by atoms with van der Waals surface area (Å²) in [5, 5.41) is 0.877. The van der Waals surface area contributed by atoms with Crippen molar-refractivity contribution in [1.29, 1.82) is 0 Å². The highest BCUT2D eigenvalue weighted by Crippen LogP contribution is 2.23. The summed E-state index contributed by atoms with van der Waals surface area (Å²) in [6.45, 7) is 0.456. The predicted molar refractivity (Wildman–Crippen MR) is 103 cm³/mol. The van der Waals surface area contributed by atoms with Gasteiger partial charge in [-0.05, 0) is 48.0 Å². The molecule has 0 radical (unpaired) electrons. The number of hydrogen-bond donors (Lipinski definition) is 0. The summed E-state index contributed by atoms with van der Waals surface area (Å²) in [5.74, 6) is 0.804. The van der Waals surface area contributed by atoms with Crippen molar-refractivity contribution in [3.05, 3.63) is 90.4 Å². The van der Waals surface area contributed by atoms with Gasteiger partial charge in [-0.1, -0.05) is 18.2 Å². The van der Waals surface area contributed by atoms with Crippen molar-refractivity contribution in [2.75, 3.05) is 0 Å². The molecule has 0 aliphatic heterocycles. The Morgan fingerprint density at radius 1 is 0.963 bits per heavy atom. The number of ether oxygens (including phenoxy) is 2. The molecule has 5 heteroatoms. The Kier molecular flexibility index (Phi) is 4.58. The number of carbonyl (C=O) groups excluding carboxylic acids is 1. The molecule has 0 aliphatic rings. The number of aryl methyl sites for hydroxylation is 1. The third kappa shape index (κ3) is 3.67. The van der Waals surface area contributed by atoms with Crippen LogP contribution in [0.4, 0.5) is 0 Å². The van der Waals surface area contributed by atoms with Crippen LogP contribution in [0.3, 0.4) is 0 Å². The summed E-state index contributed by atoms with van der Waals surface area (Å²) < 4.78 is 13.2. The molecule has 0 unspecified atom stereocenters. The van der Waals surface area contributed by atoms with E-state index < -0.39 is 0 Å². The maximum absolute atomic E-state index is 12.6. The molecule has 0 saturated carbocycles. The van der Waals surface area contributed by atoms with E-state index in [1.54, 1.807) is 42.9 Å². The van der Waals surface area contributed by atoms with Gasteiger partial charge in [-0.15, -0.1) is 0 Å². The highest BCUT2D eigenvalue weighted by Gasteiger charge is 2.15. The smallest absolute Gasteiger partial charge is 0.345 e. The first-order valence-electron chi connectivity index (χ1n) is 8.59. The zero-order chi connectivity index (χ0) is 18.6. The van der Waals surface area contributed by atoms with Crippen LogP contribution in [0.25, 0.3) is 10.9 Å². The van der Waals surface area contributed by atoms with E-state index in [0.29, 0.717) is 23.7 Å². The van der Waals surface area contributed by atoms with E-state index in [1.807, 2.05) is 48.0 Å². The van der Waals surface area contributed by atoms with Gasteiger partial charge in [0.1, 0.15) is 18.1 Å². The minimum Gasteiger partial charge on any atom is -0.489 e. The topological polar surface area (TPSA) is 53.4 Å². The third-order valence-electron chi connectivity index (χ3n) is 4.31. The van der Waals surface area contributed by atoms with E-state index in [-0.39, 0.29) is 5.97 Å². The van der Waals surface area contributed by atoms with Gasteiger partial charge in [-0.25, -0.2) is 4.79 Å². The lowest BCUT2D eigenvalue weighted by Crippen LogP contribution is -2.08. The molecule has 27 heavy (non-hydrogen) atoms. The maximum Gasteiger partial charge on any atom is 0.345 e. The second-order valence-corrected chi connectivity index (χ2v) is 6.18. The first-order valence-corrected chi connectivity index (χ1v) is 8.59. The molecular formula is C22H18N2O3. The van der Waals surface area contributed by atoms with Crippen LogP contribution in [0.5, 0.6) is 11.5 Å². The first-order chi connectivity index (χ1) is 13.2. The molecule has 0 N–H and O–H groups in total. The Hall–Kier alpha value is -3.60. The van der Waals surface area contributed by atoms with Crippen LogP contribution >= 0.6 is 0 Å². The van der Waals surface area contributed by atoms with Gasteiger partial charge in [0.25, 0.3) is 0 Å². The van der Waals surface area contributed by atoms with Crippen LogP contribution in [0.15, 0.2) is 79.3 Å². The first kappa shape index (κ1) is 16.8. The molecule has 4 rings (SSSR count). The number of rotatable bonds is 5. The lowest BCUT2D eigenvalue weighted by molar-refractivity contribution is 0.0736. The van der Waals surface area contributed by atoms with Crippen molar-refractivity contribution in [2.24, 2.45) is 7.05 Å². The normalized spacial score (nSPS) is 10.7. The average molecular weight is 358 g/mol. The van der Waals surface area contributed by atoms with Crippen molar-refractivity contribution in [3.63, 3.8) is 0 Å². The molecule has 0 atom stereocenters. The van der Waals surface area contributed by atoms with Crippen LogP contribution < -0.4 is 9.47 Å². The lowest BCUT2D eigenvalue weighted by Gasteiger charge is -2.07. The molecule has 2 aromatic heterocycles. The summed E-state index contributed by atoms with van der Waals surface area (Å²) in [5.41, 5.74) is 2.58. The van der Waals surface area contributed by atoms with Crippen LogP contribution in [0.2, 0.25) is 0 Å². The summed E-state index contributed by atoms with van der Waals surface area (Å²) >= 11 is 0. The number of para-hydroxylation sites is 1. The number of carbonyl (C=O) groups is 1. The monoisotopic (exact) mass is 358 g/mol. The fourth-order valence-corrected chi connectivity index (χ4v) is 2.92. The number of nitrogens with zero attached hydrogens (tertiary/aromatic N) is 2. The Morgan fingerprint density at radius 2 is 1.67 bits per heavy atom. The van der Waals surface area contributed by atoms with Gasteiger partial charge >= 0.3 is 5.97 Å². The average Bonchev–Trinajstić information content (AvgIpc) is 3.05. The van der Waals surface area contributed by atoms with Crippen molar-refractivity contribution in [3.8, 4) is 11.5 Å². The molecule has 0 bridgehead atoms. The summed E-state index contributed by atoms with van der Waals surface area (Å²) in [6.07, 6.45) is 5.25. The Labute approximate surface area is 156 Å². The molecule has 0 amide bonds. The van der Waals surface area contributed by atoms with E-state index in [1.165, 1.54) is 0 Å². The largest absolute Gasteiger partial charge is 0.489 e. The van der Waals surface area contributed by atoms with Crippen molar-refractivity contribution in [2.45, 2.75) is 6.61 Å². The Balaban J connectivity index is 1.44. The standard InChI is InChI=1S/C22H18N2O3/c1-24-14-20(19-4-2-3-5-21(19)24)22(25)27-18-8-6-17(7-9-18)26-15-16-10-12-23-13-11-16/h2-14H,15H2,1H3. The van der Waals surface area contributed by atoms with Gasteiger partial charge in [0.2, 0.25) is 0 Å². The summed E-state index contributed by atoms with van der Waals surface area (Å²) in [6, 6.07) is 18.6. The molecular weight excluding hydrogens is 340 g/mol. The fourth-order valence-electron chi connectivity index (χ4n) is 2.92. The maximum atomic E-state index is 12.6. The van der Waals surface area contributed by atoms with Gasteiger partial charge in [0, 0.05) is 36.5 Å². The van der Waals surface area contributed by atoms with E-state index >= 15 is 0 Å². The molecule has 2 aromatic carbocycles. The molecule has 134 valence electrons. The van der Waals surface area contributed by atoms with Crippen LogP contribution in [0.1, 0.15) is 15.9 Å². The van der Waals surface area contributed by atoms with E-state index in [0.717, 1.165) is 16.5 Å². The molecule has 2 heterocycles. The quantitative estimate of drug-likeness (QED) is 0.393. The zero-order valence-electron chi connectivity index (χ0n) is 14.8. The van der Waals surface area contributed by atoms with Crippen LogP contribution in [-0.4, -0.2) is 15.5 Å². The third-order valence-corrected chi connectivity index (χ3v) is 4.31. The van der Waals surface area contributed by atoms with Crippen LogP contribution in [-0.2, 0) is 13.7 Å². The van der Waals surface area contributed by atoms with Gasteiger partial charge in [-0.3, -0.25) is 4.98 Å². The highest BCUT2D eigenvalue weighted by molar-refractivity contribution is 6.05. The number of pyridine rings is 1. The van der Waals surface area contributed by atoms with Gasteiger partial charge in [0.15, 0.2) is 0 Å². The summed E-state index contributed by atoms with van der Waals surface area (Å²) in [4.78, 5) is 16.5. The Bertz CT molecular complexity index is 1070. The lowest BCUT2D eigenvalue weighted by atomic mass is 10.2. The predicted octanol–water partition coefficient (Wildman–Crippen LogP) is 4.37. The van der Waals surface area contributed by atoms with Crippen molar-refractivity contribution in [1.82, 2.24) is 9.55 Å². The van der Waals surface area contributed by atoms with Crippen LogP contribution in [0, 0.1) is 0 Å². The van der Waals surface area contributed by atoms with E-state index in [9.17, 15) is 4.79 Å². The second-order valence-electron chi connectivity index (χ2n) is 6.18. The molecule has 0 spiro atoms. The molecule has 0 saturated heterocycles. The van der Waals surface area contributed by atoms with Gasteiger partial charge < -0.3 is 14.0 Å². The second kappa shape index (κ2) is 7.33. The SMILES string of the molecule is Cn1cc(C(=O)Oc2ccc(OCc3ccncc3)cc2)c2ccccc21. The fraction of sp³-hybridized carbons (Fsp3) is 0.0909. The number of fused-ring (bicyclic) bond motifs is 1. The van der Waals surface area contributed by atoms with E-state index in [4.69, 9.17) is 9.47 Å². The molecule has 0 fully saturated rings. The van der Waals surface area contributed by atoms with Crippen molar-refractivity contribution >= 4 is 16.9 Å². The Morgan fingerprint density at radius 3 is 2.44 bits per heavy atom. The zero-order valence-corrected chi connectivity index (χ0v) is 14.8. The minimum absolute atomic E-state index is 0.378. The minimum atomic E-state index is -0.378. The van der Waals surface area contributed by atoms with Crippen molar-refractivity contribution < 1.29 is 14.3 Å².